The third-order valence-electron chi connectivity index (χ3n) is 4.42. The van der Waals surface area contributed by atoms with E-state index >= 15 is 0 Å². The van der Waals surface area contributed by atoms with Crippen LogP contribution in [0.1, 0.15) is 17.3 Å². The minimum Gasteiger partial charge on any atom is -0.497 e. The van der Waals surface area contributed by atoms with Crippen molar-refractivity contribution in [2.75, 3.05) is 25.3 Å². The van der Waals surface area contributed by atoms with Gasteiger partial charge in [0.15, 0.2) is 5.13 Å². The normalized spacial score (nSPS) is 11.1. The third-order valence-corrected chi connectivity index (χ3v) is 6.02. The lowest BCUT2D eigenvalue weighted by Gasteiger charge is -2.08. The van der Waals surface area contributed by atoms with E-state index in [1.807, 2.05) is 36.6 Å². The highest BCUT2D eigenvalue weighted by Gasteiger charge is 2.13. The maximum Gasteiger partial charge on any atom is 0.236 e. The van der Waals surface area contributed by atoms with Crippen molar-refractivity contribution in [3.8, 4) is 22.8 Å². The second-order valence-electron chi connectivity index (χ2n) is 6.73. The first kappa shape index (κ1) is 22.6. The summed E-state index contributed by atoms with van der Waals surface area (Å²) in [7, 11) is 3.19. The van der Waals surface area contributed by atoms with Gasteiger partial charge in [0.2, 0.25) is 11.1 Å². The molecule has 3 heterocycles. The van der Waals surface area contributed by atoms with Gasteiger partial charge in [-0.05, 0) is 43.3 Å². The Balaban J connectivity index is 1.32. The number of anilines is 1. The molecule has 0 atom stereocenters. The zero-order chi connectivity index (χ0) is 23.2. The van der Waals surface area contributed by atoms with Crippen LogP contribution in [0.25, 0.3) is 23.4 Å². The molecule has 0 aliphatic carbocycles. The molecule has 0 fully saturated rings. The number of aromatic amines is 1. The molecule has 4 aromatic rings. The van der Waals surface area contributed by atoms with Crippen molar-refractivity contribution in [1.29, 1.82) is 0 Å². The number of rotatable bonds is 9. The second-order valence-corrected chi connectivity index (χ2v) is 8.53. The summed E-state index contributed by atoms with van der Waals surface area (Å²) >= 11 is 2.57. The van der Waals surface area contributed by atoms with Gasteiger partial charge in [0.05, 0.1) is 25.7 Å². The molecule has 11 heteroatoms. The fraction of sp³-hybridized carbons (Fsp3) is 0.182. The van der Waals surface area contributed by atoms with Gasteiger partial charge in [0, 0.05) is 17.0 Å². The predicted molar refractivity (Wildman–Crippen MR) is 129 cm³/mol. The van der Waals surface area contributed by atoms with E-state index in [4.69, 9.17) is 13.9 Å². The summed E-state index contributed by atoms with van der Waals surface area (Å²) in [5.41, 5.74) is 1.52. The van der Waals surface area contributed by atoms with E-state index in [2.05, 4.69) is 25.5 Å². The fourth-order valence-corrected chi connectivity index (χ4v) is 4.18. The van der Waals surface area contributed by atoms with Gasteiger partial charge in [0.1, 0.15) is 28.8 Å². The van der Waals surface area contributed by atoms with Gasteiger partial charge in [-0.25, -0.2) is 9.97 Å². The molecule has 9 nitrogen and oxygen atoms in total. The Morgan fingerprint density at radius 1 is 1.21 bits per heavy atom. The molecule has 0 saturated heterocycles. The van der Waals surface area contributed by atoms with Crippen LogP contribution >= 0.6 is 23.1 Å². The lowest BCUT2D eigenvalue weighted by molar-refractivity contribution is -0.113. The second kappa shape index (κ2) is 10.4. The van der Waals surface area contributed by atoms with E-state index in [1.165, 1.54) is 23.1 Å². The number of thiazole rings is 1. The molecular formula is C22H21N5O4S2. The Hall–Kier alpha value is -3.57. The topological polar surface area (TPSA) is 115 Å². The average Bonchev–Trinajstić information content (AvgIpc) is 3.57. The number of nitrogens with zero attached hydrogens (tertiary/aromatic N) is 3. The number of thioether (sulfide) groups is 1. The SMILES string of the molecule is COc1ccc(-c2csc(NC(=O)CSc3n[nH]c(/C=C/c4ccc(C)o4)n3)n2)c(OC)c1. The molecule has 0 aliphatic heterocycles. The van der Waals surface area contributed by atoms with Crippen LogP contribution in [-0.4, -0.2) is 46.0 Å². The minimum absolute atomic E-state index is 0.152. The Morgan fingerprint density at radius 3 is 2.85 bits per heavy atom. The zero-order valence-corrected chi connectivity index (χ0v) is 19.8. The highest BCUT2D eigenvalue weighted by Crippen LogP contribution is 2.34. The van der Waals surface area contributed by atoms with Crippen LogP contribution in [0.15, 0.2) is 45.3 Å². The first-order chi connectivity index (χ1) is 16.0. The van der Waals surface area contributed by atoms with E-state index < -0.39 is 0 Å². The number of nitrogens with one attached hydrogen (secondary N) is 2. The number of ether oxygens (including phenoxy) is 2. The monoisotopic (exact) mass is 483 g/mol. The lowest BCUT2D eigenvalue weighted by Crippen LogP contribution is -2.13. The van der Waals surface area contributed by atoms with Crippen LogP contribution in [0.3, 0.4) is 0 Å². The van der Waals surface area contributed by atoms with Gasteiger partial charge in [-0.2, -0.15) is 0 Å². The molecular weight excluding hydrogens is 462 g/mol. The summed E-state index contributed by atoms with van der Waals surface area (Å²) < 4.78 is 16.1. The van der Waals surface area contributed by atoms with Crippen LogP contribution in [-0.2, 0) is 4.79 Å². The van der Waals surface area contributed by atoms with Gasteiger partial charge in [-0.3, -0.25) is 9.89 Å². The molecule has 0 radical (unpaired) electrons. The molecule has 4 rings (SSSR count). The van der Waals surface area contributed by atoms with Crippen LogP contribution in [0.2, 0.25) is 0 Å². The number of hydrogen-bond acceptors (Lipinski definition) is 9. The molecule has 3 aromatic heterocycles. The van der Waals surface area contributed by atoms with Gasteiger partial charge < -0.3 is 19.2 Å². The minimum atomic E-state index is -0.199. The summed E-state index contributed by atoms with van der Waals surface area (Å²) in [5, 5.41) is 12.6. The number of amides is 1. The zero-order valence-electron chi connectivity index (χ0n) is 18.1. The number of hydrogen-bond donors (Lipinski definition) is 2. The Bertz CT molecular complexity index is 1280. The van der Waals surface area contributed by atoms with Gasteiger partial charge in [-0.1, -0.05) is 11.8 Å². The van der Waals surface area contributed by atoms with E-state index in [0.717, 1.165) is 17.1 Å². The number of carbonyl (C=O) groups is 1. The van der Waals surface area contributed by atoms with Crippen LogP contribution < -0.4 is 14.8 Å². The molecule has 0 spiro atoms. The Labute approximate surface area is 198 Å². The highest BCUT2D eigenvalue weighted by molar-refractivity contribution is 7.99. The average molecular weight is 484 g/mol. The predicted octanol–water partition coefficient (Wildman–Crippen LogP) is 4.75. The number of furan rings is 1. The third kappa shape index (κ3) is 5.82. The first-order valence-corrected chi connectivity index (χ1v) is 11.7. The van der Waals surface area contributed by atoms with Crippen molar-refractivity contribution in [2.45, 2.75) is 12.1 Å². The smallest absolute Gasteiger partial charge is 0.236 e. The molecule has 0 saturated carbocycles. The molecule has 0 bridgehead atoms. The molecule has 0 unspecified atom stereocenters. The maximum absolute atomic E-state index is 12.4. The van der Waals surface area contributed by atoms with Crippen molar-refractivity contribution in [1.82, 2.24) is 20.2 Å². The van der Waals surface area contributed by atoms with Crippen LogP contribution in [0.5, 0.6) is 11.5 Å². The number of benzene rings is 1. The first-order valence-electron chi connectivity index (χ1n) is 9.81. The molecule has 33 heavy (non-hydrogen) atoms. The summed E-state index contributed by atoms with van der Waals surface area (Å²) in [6.07, 6.45) is 3.56. The van der Waals surface area contributed by atoms with E-state index in [1.54, 1.807) is 32.4 Å². The number of carbonyl (C=O) groups excluding carboxylic acids is 1. The molecule has 1 amide bonds. The largest absolute Gasteiger partial charge is 0.497 e. The summed E-state index contributed by atoms with van der Waals surface area (Å²) in [4.78, 5) is 21.2. The van der Waals surface area contributed by atoms with Crippen LogP contribution in [0.4, 0.5) is 5.13 Å². The molecule has 1 aromatic carbocycles. The quantitative estimate of drug-likeness (QED) is 0.328. The van der Waals surface area contributed by atoms with Gasteiger partial charge >= 0.3 is 0 Å². The summed E-state index contributed by atoms with van der Waals surface area (Å²) in [5.74, 6) is 3.43. The fourth-order valence-electron chi connectivity index (χ4n) is 2.85. The van der Waals surface area contributed by atoms with Crippen molar-refractivity contribution in [2.24, 2.45) is 0 Å². The van der Waals surface area contributed by atoms with E-state index in [9.17, 15) is 4.79 Å². The van der Waals surface area contributed by atoms with Crippen LogP contribution in [0, 0.1) is 6.92 Å². The van der Waals surface area contributed by atoms with Gasteiger partial charge in [0.25, 0.3) is 0 Å². The van der Waals surface area contributed by atoms with Crippen molar-refractivity contribution in [3.63, 3.8) is 0 Å². The summed E-state index contributed by atoms with van der Waals surface area (Å²) in [6.45, 7) is 1.88. The van der Waals surface area contributed by atoms with Crippen molar-refractivity contribution >= 4 is 46.3 Å². The number of aromatic nitrogens is 4. The number of aryl methyl sites for hydroxylation is 1. The molecule has 170 valence electrons. The Kier molecular flexibility index (Phi) is 7.10. The molecule has 2 N–H and O–H groups in total. The maximum atomic E-state index is 12.4. The standard InChI is InChI=1S/C22H21N5O4S2/c1-13-4-5-14(31-13)7-9-19-24-22(27-26-19)33-12-20(28)25-21-23-17(11-32-21)16-8-6-15(29-2)10-18(16)30-3/h4-11H,12H2,1-3H3,(H,23,25,28)(H,24,26,27)/b9-7+. The van der Waals surface area contributed by atoms with Gasteiger partial charge in [-0.15, -0.1) is 16.4 Å². The van der Waals surface area contributed by atoms with Crippen molar-refractivity contribution < 1.29 is 18.7 Å². The van der Waals surface area contributed by atoms with Crippen molar-refractivity contribution in [3.05, 3.63) is 53.1 Å². The number of H-pyrrole nitrogens is 1. The van der Waals surface area contributed by atoms with E-state index in [-0.39, 0.29) is 11.7 Å². The molecule has 0 aliphatic rings. The lowest BCUT2D eigenvalue weighted by atomic mass is 10.1. The highest BCUT2D eigenvalue weighted by atomic mass is 32.2. The Morgan fingerprint density at radius 2 is 2.09 bits per heavy atom. The number of methoxy groups -OCH3 is 2. The van der Waals surface area contributed by atoms with E-state index in [0.29, 0.717) is 33.3 Å². The summed E-state index contributed by atoms with van der Waals surface area (Å²) in [6, 6.07) is 9.26.